The number of benzene rings is 2. The number of imide groups is 1. The molecule has 33 heavy (non-hydrogen) atoms. The van der Waals surface area contributed by atoms with E-state index >= 15 is 0 Å². The normalized spacial score (nSPS) is 24.8. The molecule has 4 atom stereocenters. The molecule has 2 aromatic rings. The van der Waals surface area contributed by atoms with Crippen LogP contribution in [0, 0.1) is 23.7 Å². The Hall–Kier alpha value is -4.27. The van der Waals surface area contributed by atoms with E-state index in [-0.39, 0.29) is 57.9 Å². The first-order valence-corrected chi connectivity index (χ1v) is 10.3. The number of hydrogen-bond acceptors (Lipinski definition) is 5. The van der Waals surface area contributed by atoms with E-state index < -0.39 is 17.8 Å². The number of fused-ring (bicyclic) bond motifs is 5. The Labute approximate surface area is 187 Å². The molecule has 4 unspecified atom stereocenters. The Balaban J connectivity index is 1.35. The summed E-state index contributed by atoms with van der Waals surface area (Å²) in [4.78, 5) is 62.2. The van der Waals surface area contributed by atoms with Crippen molar-refractivity contribution in [2.24, 2.45) is 23.7 Å². The van der Waals surface area contributed by atoms with Crippen molar-refractivity contribution in [2.45, 2.75) is 6.42 Å². The van der Waals surface area contributed by atoms with Gasteiger partial charge in [-0.25, -0.2) is 9.59 Å². The third kappa shape index (κ3) is 3.29. The molecule has 166 valence electrons. The van der Waals surface area contributed by atoms with E-state index in [4.69, 9.17) is 0 Å². The molecule has 0 radical (unpaired) electrons. The summed E-state index contributed by atoms with van der Waals surface area (Å²) in [7, 11) is 0. The van der Waals surface area contributed by atoms with Crippen LogP contribution in [-0.2, 0) is 9.59 Å². The summed E-state index contributed by atoms with van der Waals surface area (Å²) in [5.74, 6) is -4.12. The van der Waals surface area contributed by atoms with Crippen LogP contribution in [0.2, 0.25) is 0 Å². The van der Waals surface area contributed by atoms with Crippen LogP contribution in [0.1, 0.15) is 37.5 Å². The fraction of sp³-hybridized carbons (Fsp3) is 0.208. The predicted octanol–water partition coefficient (Wildman–Crippen LogP) is 2.65. The van der Waals surface area contributed by atoms with Gasteiger partial charge in [0.1, 0.15) is 0 Å². The van der Waals surface area contributed by atoms with Crippen LogP contribution < -0.4 is 10.2 Å². The smallest absolute Gasteiger partial charge is 0.335 e. The number of amides is 3. The highest BCUT2D eigenvalue weighted by molar-refractivity contribution is 6.23. The number of carboxylic acid groups (broad SMARTS) is 2. The number of nitrogens with one attached hydrogen (secondary N) is 1. The van der Waals surface area contributed by atoms with Crippen molar-refractivity contribution < 1.29 is 34.2 Å². The third-order valence-corrected chi connectivity index (χ3v) is 6.54. The van der Waals surface area contributed by atoms with E-state index in [0.717, 1.165) is 24.6 Å². The standard InChI is InChI=1S/C24H18N2O7/c27-20(25-16-9-14(23(30)31)8-15(10-16)24(32)33)11-3-5-17(6-4-11)26-21(28)18-12-1-2-13(7-12)19(18)22(26)29/h1-6,8-10,12-13,18-19H,7H2,(H,25,27)(H,30,31)(H,32,33). The van der Waals surface area contributed by atoms with Crippen LogP contribution in [0.25, 0.3) is 0 Å². The zero-order valence-corrected chi connectivity index (χ0v) is 17.1. The van der Waals surface area contributed by atoms with Gasteiger partial charge in [-0.05, 0) is 60.7 Å². The van der Waals surface area contributed by atoms with E-state index in [1.54, 1.807) is 0 Å². The fourth-order valence-electron chi connectivity index (χ4n) is 5.07. The van der Waals surface area contributed by atoms with Gasteiger partial charge in [0.05, 0.1) is 28.7 Å². The average Bonchev–Trinajstić information content (AvgIpc) is 3.47. The second-order valence-corrected chi connectivity index (χ2v) is 8.42. The van der Waals surface area contributed by atoms with E-state index in [9.17, 15) is 34.2 Å². The molecule has 2 fully saturated rings. The van der Waals surface area contributed by atoms with Crippen molar-refractivity contribution in [2.75, 3.05) is 10.2 Å². The topological polar surface area (TPSA) is 141 Å². The molecular formula is C24H18N2O7. The van der Waals surface area contributed by atoms with Crippen molar-refractivity contribution in [3.63, 3.8) is 0 Å². The number of anilines is 2. The Morgan fingerprint density at radius 3 is 1.79 bits per heavy atom. The van der Waals surface area contributed by atoms with Crippen molar-refractivity contribution in [3.05, 3.63) is 71.3 Å². The second kappa shape index (κ2) is 7.40. The average molecular weight is 446 g/mol. The quantitative estimate of drug-likeness (QED) is 0.474. The van der Waals surface area contributed by atoms with Crippen LogP contribution in [0.5, 0.6) is 0 Å². The number of nitrogens with zero attached hydrogens (tertiary/aromatic N) is 1. The van der Waals surface area contributed by atoms with Crippen molar-refractivity contribution >= 4 is 41.0 Å². The molecule has 1 saturated carbocycles. The lowest BCUT2D eigenvalue weighted by atomic mass is 9.85. The zero-order chi connectivity index (χ0) is 23.4. The summed E-state index contributed by atoms with van der Waals surface area (Å²) in [6, 6.07) is 9.23. The Morgan fingerprint density at radius 1 is 0.788 bits per heavy atom. The lowest BCUT2D eigenvalue weighted by Crippen LogP contribution is -2.32. The molecule has 3 aliphatic rings. The number of carboxylic acids is 2. The first-order valence-electron chi connectivity index (χ1n) is 10.3. The molecule has 0 spiro atoms. The summed E-state index contributed by atoms with van der Waals surface area (Å²) in [5.41, 5.74) is 0.0389. The van der Waals surface area contributed by atoms with Gasteiger partial charge in [-0.1, -0.05) is 12.2 Å². The highest BCUT2D eigenvalue weighted by Crippen LogP contribution is 2.53. The summed E-state index contributed by atoms with van der Waals surface area (Å²) >= 11 is 0. The van der Waals surface area contributed by atoms with Gasteiger partial charge in [-0.2, -0.15) is 0 Å². The van der Waals surface area contributed by atoms with Gasteiger partial charge in [-0.3, -0.25) is 19.3 Å². The molecule has 0 aromatic heterocycles. The highest BCUT2D eigenvalue weighted by Gasteiger charge is 2.59. The Bertz CT molecular complexity index is 1200. The fourth-order valence-corrected chi connectivity index (χ4v) is 5.07. The molecule has 5 rings (SSSR count). The van der Waals surface area contributed by atoms with Gasteiger partial charge in [0.2, 0.25) is 11.8 Å². The van der Waals surface area contributed by atoms with Crippen LogP contribution in [0.4, 0.5) is 11.4 Å². The second-order valence-electron chi connectivity index (χ2n) is 8.42. The van der Waals surface area contributed by atoms with Gasteiger partial charge in [0.25, 0.3) is 5.91 Å². The van der Waals surface area contributed by atoms with Gasteiger partial charge >= 0.3 is 11.9 Å². The van der Waals surface area contributed by atoms with Crippen LogP contribution >= 0.6 is 0 Å². The predicted molar refractivity (Wildman–Crippen MR) is 115 cm³/mol. The SMILES string of the molecule is O=C(O)c1cc(NC(=O)c2ccc(N3C(=O)C4C5C=CC(C5)C4C3=O)cc2)cc(C(=O)O)c1. The number of carbonyl (C=O) groups excluding carboxylic acids is 3. The molecule has 1 aliphatic heterocycles. The summed E-state index contributed by atoms with van der Waals surface area (Å²) in [5, 5.41) is 20.8. The number of carbonyl (C=O) groups is 5. The van der Waals surface area contributed by atoms with Crippen LogP contribution in [0.3, 0.4) is 0 Å². The van der Waals surface area contributed by atoms with E-state index in [1.165, 1.54) is 29.2 Å². The number of hydrogen-bond donors (Lipinski definition) is 3. The maximum absolute atomic E-state index is 12.9. The Kier molecular flexibility index (Phi) is 4.63. The molecule has 1 saturated heterocycles. The van der Waals surface area contributed by atoms with Crippen molar-refractivity contribution in [1.29, 1.82) is 0 Å². The molecule has 3 N–H and O–H groups in total. The molecule has 9 nitrogen and oxygen atoms in total. The zero-order valence-electron chi connectivity index (χ0n) is 17.1. The molecule has 3 amide bonds. The largest absolute Gasteiger partial charge is 0.478 e. The minimum absolute atomic E-state index is 0.0158. The van der Waals surface area contributed by atoms with Gasteiger partial charge in [-0.15, -0.1) is 0 Å². The first kappa shape index (κ1) is 20.6. The number of allylic oxidation sites excluding steroid dienone is 2. The maximum Gasteiger partial charge on any atom is 0.335 e. The van der Waals surface area contributed by atoms with E-state index in [0.29, 0.717) is 5.69 Å². The molecule has 2 aromatic carbocycles. The van der Waals surface area contributed by atoms with Crippen molar-refractivity contribution in [3.8, 4) is 0 Å². The van der Waals surface area contributed by atoms with Crippen LogP contribution in [-0.4, -0.2) is 39.9 Å². The molecule has 2 bridgehead atoms. The highest BCUT2D eigenvalue weighted by atomic mass is 16.4. The van der Waals surface area contributed by atoms with E-state index in [1.807, 2.05) is 12.2 Å². The first-order chi connectivity index (χ1) is 15.7. The maximum atomic E-state index is 12.9. The van der Waals surface area contributed by atoms with Gasteiger partial charge in [0, 0.05) is 11.3 Å². The molecule has 2 aliphatic carbocycles. The minimum atomic E-state index is -1.33. The number of aromatic carboxylic acids is 2. The summed E-state index contributed by atoms with van der Waals surface area (Å²) < 4.78 is 0. The third-order valence-electron chi connectivity index (χ3n) is 6.54. The Morgan fingerprint density at radius 2 is 1.30 bits per heavy atom. The molecular weight excluding hydrogens is 428 g/mol. The number of rotatable bonds is 5. The molecule has 9 heteroatoms. The summed E-state index contributed by atoms with van der Waals surface area (Å²) in [6.07, 6.45) is 4.87. The van der Waals surface area contributed by atoms with Gasteiger partial charge < -0.3 is 15.5 Å². The lowest BCUT2D eigenvalue weighted by molar-refractivity contribution is -0.123. The van der Waals surface area contributed by atoms with Crippen molar-refractivity contribution in [1.82, 2.24) is 0 Å². The minimum Gasteiger partial charge on any atom is -0.478 e. The van der Waals surface area contributed by atoms with Gasteiger partial charge in [0.15, 0.2) is 0 Å². The van der Waals surface area contributed by atoms with E-state index in [2.05, 4.69) is 5.32 Å². The monoisotopic (exact) mass is 446 g/mol. The summed E-state index contributed by atoms with van der Waals surface area (Å²) in [6.45, 7) is 0. The lowest BCUT2D eigenvalue weighted by Gasteiger charge is -2.17. The van der Waals surface area contributed by atoms with Crippen LogP contribution in [0.15, 0.2) is 54.6 Å². The molecule has 1 heterocycles.